The first-order chi connectivity index (χ1) is 10.2. The van der Waals surface area contributed by atoms with Crippen LogP contribution in [0.25, 0.3) is 10.9 Å². The predicted octanol–water partition coefficient (Wildman–Crippen LogP) is 2.47. The number of nitrogens with one attached hydrogen (secondary N) is 1. The summed E-state index contributed by atoms with van der Waals surface area (Å²) in [5, 5.41) is 11.7. The van der Waals surface area contributed by atoms with Gasteiger partial charge in [-0.3, -0.25) is 4.79 Å². The number of hydrogen-bond acceptors (Lipinski definition) is 4. The fourth-order valence-electron chi connectivity index (χ4n) is 2.19. The number of unbranched alkanes of at least 4 members (excludes halogenated alkanes) is 1. The van der Waals surface area contributed by atoms with Gasteiger partial charge in [-0.2, -0.15) is 0 Å². The SMILES string of the molecule is C=CCNC(=O)c1nnc2c(CCCC)cccc2c1N. The lowest BCUT2D eigenvalue weighted by Crippen LogP contribution is -2.25. The first kappa shape index (κ1) is 15.0. The maximum atomic E-state index is 12.0. The normalized spacial score (nSPS) is 10.5. The molecular weight excluding hydrogens is 264 g/mol. The Labute approximate surface area is 124 Å². The highest BCUT2D eigenvalue weighted by Gasteiger charge is 2.15. The molecule has 5 nitrogen and oxygen atoms in total. The smallest absolute Gasteiger partial charge is 0.274 e. The average molecular weight is 284 g/mol. The Morgan fingerprint density at radius 1 is 1.43 bits per heavy atom. The van der Waals surface area contributed by atoms with E-state index in [2.05, 4.69) is 29.0 Å². The maximum absolute atomic E-state index is 12.0. The van der Waals surface area contributed by atoms with E-state index in [1.54, 1.807) is 6.08 Å². The number of aryl methyl sites for hydroxylation is 1. The number of hydrogen-bond donors (Lipinski definition) is 2. The molecule has 0 aliphatic rings. The van der Waals surface area contributed by atoms with Crippen molar-refractivity contribution >= 4 is 22.5 Å². The molecule has 0 fully saturated rings. The van der Waals surface area contributed by atoms with Gasteiger partial charge in [0.1, 0.15) is 0 Å². The zero-order valence-electron chi connectivity index (χ0n) is 12.2. The maximum Gasteiger partial charge on any atom is 0.274 e. The van der Waals surface area contributed by atoms with Crippen LogP contribution in [0.3, 0.4) is 0 Å². The molecule has 3 N–H and O–H groups in total. The molecule has 1 amide bonds. The molecule has 5 heteroatoms. The summed E-state index contributed by atoms with van der Waals surface area (Å²) in [7, 11) is 0. The monoisotopic (exact) mass is 284 g/mol. The minimum absolute atomic E-state index is 0.164. The van der Waals surface area contributed by atoms with E-state index in [1.165, 1.54) is 0 Å². The number of amides is 1. The molecule has 21 heavy (non-hydrogen) atoms. The number of rotatable bonds is 6. The zero-order valence-corrected chi connectivity index (χ0v) is 12.2. The van der Waals surface area contributed by atoms with E-state index in [9.17, 15) is 4.79 Å². The minimum Gasteiger partial charge on any atom is -0.396 e. The molecule has 0 aliphatic carbocycles. The van der Waals surface area contributed by atoms with Crippen molar-refractivity contribution < 1.29 is 4.79 Å². The Hall–Kier alpha value is -2.43. The van der Waals surface area contributed by atoms with Crippen LogP contribution in [0.1, 0.15) is 35.8 Å². The highest BCUT2D eigenvalue weighted by atomic mass is 16.1. The number of anilines is 1. The van der Waals surface area contributed by atoms with Gasteiger partial charge in [-0.05, 0) is 18.4 Å². The summed E-state index contributed by atoms with van der Waals surface area (Å²) < 4.78 is 0. The van der Waals surface area contributed by atoms with Crippen molar-refractivity contribution in [3.05, 3.63) is 42.1 Å². The number of fused-ring (bicyclic) bond motifs is 1. The average Bonchev–Trinajstić information content (AvgIpc) is 2.51. The largest absolute Gasteiger partial charge is 0.396 e. The van der Waals surface area contributed by atoms with Crippen LogP contribution in [-0.2, 0) is 6.42 Å². The van der Waals surface area contributed by atoms with Crippen LogP contribution in [-0.4, -0.2) is 22.6 Å². The third-order valence-corrected chi connectivity index (χ3v) is 3.34. The summed E-state index contributed by atoms with van der Waals surface area (Å²) in [6.07, 6.45) is 4.74. The molecule has 2 aromatic rings. The Kier molecular flexibility index (Phi) is 4.87. The minimum atomic E-state index is -0.333. The number of benzene rings is 1. The molecule has 0 atom stereocenters. The van der Waals surface area contributed by atoms with E-state index >= 15 is 0 Å². The molecule has 1 aromatic heterocycles. The molecule has 110 valence electrons. The number of aromatic nitrogens is 2. The van der Waals surface area contributed by atoms with Gasteiger partial charge in [0.2, 0.25) is 0 Å². The summed E-state index contributed by atoms with van der Waals surface area (Å²) in [5.74, 6) is -0.333. The molecule has 0 aliphatic heterocycles. The van der Waals surface area contributed by atoms with E-state index in [0.717, 1.165) is 35.7 Å². The predicted molar refractivity (Wildman–Crippen MR) is 85.1 cm³/mol. The number of nitrogen functional groups attached to an aromatic ring is 1. The van der Waals surface area contributed by atoms with Crippen LogP contribution in [0, 0.1) is 0 Å². The molecule has 0 saturated carbocycles. The van der Waals surface area contributed by atoms with Gasteiger partial charge in [0.25, 0.3) is 5.91 Å². The summed E-state index contributed by atoms with van der Waals surface area (Å²) in [6, 6.07) is 5.85. The summed E-state index contributed by atoms with van der Waals surface area (Å²) in [4.78, 5) is 12.0. The van der Waals surface area contributed by atoms with E-state index in [-0.39, 0.29) is 11.6 Å². The van der Waals surface area contributed by atoms with E-state index < -0.39 is 0 Å². The van der Waals surface area contributed by atoms with Crippen molar-refractivity contribution in [3.8, 4) is 0 Å². The van der Waals surface area contributed by atoms with Gasteiger partial charge in [-0.1, -0.05) is 37.6 Å². The highest BCUT2D eigenvalue weighted by Crippen LogP contribution is 2.24. The van der Waals surface area contributed by atoms with Crippen LogP contribution in [0.4, 0.5) is 5.69 Å². The number of nitrogens with zero attached hydrogens (tertiary/aromatic N) is 2. The van der Waals surface area contributed by atoms with Crippen molar-refractivity contribution in [2.75, 3.05) is 12.3 Å². The molecule has 2 rings (SSSR count). The second-order valence-electron chi connectivity index (χ2n) is 4.88. The van der Waals surface area contributed by atoms with Gasteiger partial charge in [0.15, 0.2) is 5.69 Å². The lowest BCUT2D eigenvalue weighted by Gasteiger charge is -2.09. The third-order valence-electron chi connectivity index (χ3n) is 3.34. The van der Waals surface area contributed by atoms with Crippen molar-refractivity contribution in [2.45, 2.75) is 26.2 Å². The quantitative estimate of drug-likeness (QED) is 0.798. The number of nitrogens with two attached hydrogens (primary N) is 1. The van der Waals surface area contributed by atoms with Crippen LogP contribution < -0.4 is 11.1 Å². The third kappa shape index (κ3) is 3.18. The Morgan fingerprint density at radius 3 is 2.95 bits per heavy atom. The summed E-state index contributed by atoms with van der Waals surface area (Å²) >= 11 is 0. The first-order valence-corrected chi connectivity index (χ1v) is 7.11. The van der Waals surface area contributed by atoms with Gasteiger partial charge in [-0.25, -0.2) is 0 Å². The topological polar surface area (TPSA) is 80.9 Å². The van der Waals surface area contributed by atoms with Crippen molar-refractivity contribution in [3.63, 3.8) is 0 Å². The molecular formula is C16H20N4O. The van der Waals surface area contributed by atoms with Crippen molar-refractivity contribution in [1.29, 1.82) is 0 Å². The standard InChI is InChI=1S/C16H20N4O/c1-3-5-7-11-8-6-9-12-13(17)15(20-19-14(11)12)16(21)18-10-4-2/h4,6,8-9H,2-3,5,7,10H2,1H3,(H2,17,19)(H,18,21). The van der Waals surface area contributed by atoms with Crippen LogP contribution >= 0.6 is 0 Å². The van der Waals surface area contributed by atoms with Crippen molar-refractivity contribution in [1.82, 2.24) is 15.5 Å². The lowest BCUT2D eigenvalue weighted by molar-refractivity contribution is 0.0953. The first-order valence-electron chi connectivity index (χ1n) is 7.11. The van der Waals surface area contributed by atoms with E-state index in [4.69, 9.17) is 5.73 Å². The van der Waals surface area contributed by atoms with Gasteiger partial charge in [-0.15, -0.1) is 16.8 Å². The molecule has 1 aromatic carbocycles. The molecule has 0 unspecified atom stereocenters. The second-order valence-corrected chi connectivity index (χ2v) is 4.88. The van der Waals surface area contributed by atoms with Crippen molar-refractivity contribution in [2.24, 2.45) is 0 Å². The van der Waals surface area contributed by atoms with Crippen LogP contribution in [0.5, 0.6) is 0 Å². The van der Waals surface area contributed by atoms with Crippen LogP contribution in [0.15, 0.2) is 30.9 Å². The van der Waals surface area contributed by atoms with E-state index in [1.807, 2.05) is 18.2 Å². The Morgan fingerprint density at radius 2 is 2.24 bits per heavy atom. The fourth-order valence-corrected chi connectivity index (χ4v) is 2.19. The second kappa shape index (κ2) is 6.83. The summed E-state index contributed by atoms with van der Waals surface area (Å²) in [5.41, 5.74) is 8.54. The lowest BCUT2D eigenvalue weighted by atomic mass is 10.0. The zero-order chi connectivity index (χ0) is 15.2. The molecule has 1 heterocycles. The molecule has 0 spiro atoms. The van der Waals surface area contributed by atoms with Gasteiger partial charge < -0.3 is 11.1 Å². The van der Waals surface area contributed by atoms with E-state index in [0.29, 0.717) is 12.2 Å². The Bertz CT molecular complexity index is 667. The number of carbonyl (C=O) groups excluding carboxylic acids is 1. The fraction of sp³-hybridized carbons (Fsp3) is 0.312. The molecule has 0 saturated heterocycles. The Balaban J connectivity index is 2.43. The molecule has 0 bridgehead atoms. The number of carbonyl (C=O) groups is 1. The van der Waals surface area contributed by atoms with Crippen LogP contribution in [0.2, 0.25) is 0 Å². The van der Waals surface area contributed by atoms with Gasteiger partial charge in [0.05, 0.1) is 11.2 Å². The summed E-state index contributed by atoms with van der Waals surface area (Å²) in [6.45, 7) is 6.07. The highest BCUT2D eigenvalue weighted by molar-refractivity contribution is 6.05. The molecule has 0 radical (unpaired) electrons. The van der Waals surface area contributed by atoms with Gasteiger partial charge >= 0.3 is 0 Å². The van der Waals surface area contributed by atoms with Gasteiger partial charge in [0, 0.05) is 11.9 Å².